The van der Waals surface area contributed by atoms with Crippen molar-refractivity contribution in [3.05, 3.63) is 29.8 Å². The number of amides is 1. The molecule has 1 aliphatic carbocycles. The van der Waals surface area contributed by atoms with Crippen molar-refractivity contribution in [3.63, 3.8) is 0 Å². The average Bonchev–Trinajstić information content (AvgIpc) is 2.89. The Balaban J connectivity index is 2.31. The highest BCUT2D eigenvalue weighted by molar-refractivity contribution is 5.86. The Morgan fingerprint density at radius 1 is 1.32 bits per heavy atom. The molecule has 0 atom stereocenters. The van der Waals surface area contributed by atoms with Crippen molar-refractivity contribution in [2.45, 2.75) is 31.1 Å². The molecule has 0 aliphatic heterocycles. The zero-order chi connectivity index (χ0) is 13.9. The van der Waals surface area contributed by atoms with Gasteiger partial charge >= 0.3 is 12.1 Å². The standard InChI is InChI=1S/C14H17NO4/c1-19-13(18)15-11-6-4-5-10(9-11)14(12(16)17)7-2-3-8-14/h4-6,9H,2-3,7-8H2,1H3,(H,15,18)(H,16,17). The Morgan fingerprint density at radius 3 is 2.58 bits per heavy atom. The van der Waals surface area contributed by atoms with Gasteiger partial charge in [-0.1, -0.05) is 25.0 Å². The summed E-state index contributed by atoms with van der Waals surface area (Å²) in [5, 5.41) is 12.1. The molecule has 1 amide bonds. The van der Waals surface area contributed by atoms with Gasteiger partial charge in [0.15, 0.2) is 0 Å². The van der Waals surface area contributed by atoms with E-state index >= 15 is 0 Å². The molecular weight excluding hydrogens is 246 g/mol. The fourth-order valence-electron chi connectivity index (χ4n) is 2.67. The number of rotatable bonds is 3. The molecular formula is C14H17NO4. The first kappa shape index (κ1) is 13.4. The maximum atomic E-state index is 11.6. The van der Waals surface area contributed by atoms with E-state index in [2.05, 4.69) is 10.1 Å². The molecule has 1 saturated carbocycles. The summed E-state index contributed by atoms with van der Waals surface area (Å²) in [6.07, 6.45) is 2.56. The first-order valence-corrected chi connectivity index (χ1v) is 6.27. The van der Waals surface area contributed by atoms with Crippen LogP contribution in [0.1, 0.15) is 31.2 Å². The van der Waals surface area contributed by atoms with E-state index < -0.39 is 17.5 Å². The minimum Gasteiger partial charge on any atom is -0.481 e. The number of ether oxygens (including phenoxy) is 1. The lowest BCUT2D eigenvalue weighted by Crippen LogP contribution is -2.32. The third-order valence-electron chi connectivity index (χ3n) is 3.71. The molecule has 1 fully saturated rings. The molecule has 1 aliphatic rings. The molecule has 0 spiro atoms. The van der Waals surface area contributed by atoms with Crippen LogP contribution in [0.2, 0.25) is 0 Å². The van der Waals surface area contributed by atoms with E-state index in [-0.39, 0.29) is 0 Å². The molecule has 0 radical (unpaired) electrons. The van der Waals surface area contributed by atoms with Gasteiger partial charge in [-0.05, 0) is 30.5 Å². The van der Waals surface area contributed by atoms with Gasteiger partial charge in [0.25, 0.3) is 0 Å². The predicted molar refractivity (Wildman–Crippen MR) is 70.3 cm³/mol. The van der Waals surface area contributed by atoms with E-state index in [0.717, 1.165) is 18.4 Å². The van der Waals surface area contributed by atoms with Crippen molar-refractivity contribution in [2.24, 2.45) is 0 Å². The van der Waals surface area contributed by atoms with Gasteiger partial charge in [-0.15, -0.1) is 0 Å². The fourth-order valence-corrected chi connectivity index (χ4v) is 2.67. The highest BCUT2D eigenvalue weighted by Crippen LogP contribution is 2.42. The lowest BCUT2D eigenvalue weighted by molar-refractivity contribution is -0.143. The monoisotopic (exact) mass is 263 g/mol. The minimum atomic E-state index is -0.812. The normalized spacial score (nSPS) is 16.9. The van der Waals surface area contributed by atoms with Gasteiger partial charge in [0, 0.05) is 5.69 Å². The van der Waals surface area contributed by atoms with E-state index in [9.17, 15) is 14.7 Å². The number of carboxylic acid groups (broad SMARTS) is 1. The maximum absolute atomic E-state index is 11.6. The molecule has 0 heterocycles. The molecule has 0 aromatic heterocycles. The van der Waals surface area contributed by atoms with Gasteiger partial charge in [-0.2, -0.15) is 0 Å². The van der Waals surface area contributed by atoms with E-state index in [1.54, 1.807) is 18.2 Å². The van der Waals surface area contributed by atoms with Crippen LogP contribution in [0.3, 0.4) is 0 Å². The van der Waals surface area contributed by atoms with Crippen LogP contribution in [-0.2, 0) is 14.9 Å². The highest BCUT2D eigenvalue weighted by atomic mass is 16.5. The highest BCUT2D eigenvalue weighted by Gasteiger charge is 2.42. The average molecular weight is 263 g/mol. The summed E-state index contributed by atoms with van der Waals surface area (Å²) in [6, 6.07) is 6.99. The molecule has 0 saturated heterocycles. The summed E-state index contributed by atoms with van der Waals surface area (Å²) in [5.74, 6) is -0.791. The third kappa shape index (κ3) is 2.54. The molecule has 0 bridgehead atoms. The van der Waals surface area contributed by atoms with Gasteiger partial charge < -0.3 is 9.84 Å². The van der Waals surface area contributed by atoms with Crippen molar-refractivity contribution in [1.82, 2.24) is 0 Å². The second kappa shape index (κ2) is 5.30. The van der Waals surface area contributed by atoms with Gasteiger partial charge in [0.2, 0.25) is 0 Å². The predicted octanol–water partition coefficient (Wildman–Crippen LogP) is 2.76. The molecule has 2 N–H and O–H groups in total. The topological polar surface area (TPSA) is 75.6 Å². The van der Waals surface area contributed by atoms with Crippen molar-refractivity contribution in [3.8, 4) is 0 Å². The fraction of sp³-hybridized carbons (Fsp3) is 0.429. The summed E-state index contributed by atoms with van der Waals surface area (Å²) in [7, 11) is 1.29. The van der Waals surface area contributed by atoms with E-state index in [1.165, 1.54) is 7.11 Å². The van der Waals surface area contributed by atoms with Gasteiger partial charge in [-0.25, -0.2) is 4.79 Å². The van der Waals surface area contributed by atoms with E-state index in [4.69, 9.17) is 0 Å². The summed E-state index contributed by atoms with van der Waals surface area (Å²) in [6.45, 7) is 0. The van der Waals surface area contributed by atoms with Gasteiger partial charge in [0.1, 0.15) is 0 Å². The van der Waals surface area contributed by atoms with Crippen molar-refractivity contribution in [2.75, 3.05) is 12.4 Å². The number of carbonyl (C=O) groups excluding carboxylic acids is 1. The number of hydrogen-bond donors (Lipinski definition) is 2. The molecule has 1 aromatic rings. The molecule has 2 rings (SSSR count). The lowest BCUT2D eigenvalue weighted by Gasteiger charge is -2.24. The van der Waals surface area contributed by atoms with Crippen LogP contribution in [0.25, 0.3) is 0 Å². The Kier molecular flexibility index (Phi) is 3.74. The number of hydrogen-bond acceptors (Lipinski definition) is 3. The summed E-state index contributed by atoms with van der Waals surface area (Å²) >= 11 is 0. The number of carbonyl (C=O) groups is 2. The molecule has 102 valence electrons. The molecule has 0 unspecified atom stereocenters. The second-order valence-electron chi connectivity index (χ2n) is 4.79. The summed E-state index contributed by atoms with van der Waals surface area (Å²) in [5.41, 5.74) is 0.483. The van der Waals surface area contributed by atoms with Crippen molar-refractivity contribution < 1.29 is 19.4 Å². The van der Waals surface area contributed by atoms with Crippen LogP contribution >= 0.6 is 0 Å². The summed E-state index contributed by atoms with van der Waals surface area (Å²) in [4.78, 5) is 22.8. The zero-order valence-corrected chi connectivity index (χ0v) is 10.8. The van der Waals surface area contributed by atoms with Crippen LogP contribution in [0, 0.1) is 0 Å². The van der Waals surface area contributed by atoms with Crippen LogP contribution < -0.4 is 5.32 Å². The molecule has 1 aromatic carbocycles. The third-order valence-corrected chi connectivity index (χ3v) is 3.71. The van der Waals surface area contributed by atoms with Gasteiger partial charge in [0.05, 0.1) is 12.5 Å². The summed E-state index contributed by atoms with van der Waals surface area (Å²) < 4.78 is 4.53. The van der Waals surface area contributed by atoms with E-state index in [1.807, 2.05) is 6.07 Å². The molecule has 19 heavy (non-hydrogen) atoms. The SMILES string of the molecule is COC(=O)Nc1cccc(C2(C(=O)O)CCCC2)c1. The van der Waals surface area contributed by atoms with Gasteiger partial charge in [-0.3, -0.25) is 10.1 Å². The van der Waals surface area contributed by atoms with E-state index in [0.29, 0.717) is 18.5 Å². The quantitative estimate of drug-likeness (QED) is 0.879. The second-order valence-corrected chi connectivity index (χ2v) is 4.79. The lowest BCUT2D eigenvalue weighted by atomic mass is 9.79. The van der Waals surface area contributed by atoms with Crippen LogP contribution in [0.5, 0.6) is 0 Å². The van der Waals surface area contributed by atoms with Crippen LogP contribution in [0.15, 0.2) is 24.3 Å². The molecule has 5 nitrogen and oxygen atoms in total. The van der Waals surface area contributed by atoms with Crippen molar-refractivity contribution in [1.29, 1.82) is 0 Å². The number of anilines is 1. The number of methoxy groups -OCH3 is 1. The Labute approximate surface area is 111 Å². The maximum Gasteiger partial charge on any atom is 0.411 e. The Morgan fingerprint density at radius 2 is 2.00 bits per heavy atom. The number of nitrogens with one attached hydrogen (secondary N) is 1. The number of aliphatic carboxylic acids is 1. The minimum absolute atomic E-state index is 0.553. The number of carboxylic acids is 1. The van der Waals surface area contributed by atoms with Crippen LogP contribution in [-0.4, -0.2) is 24.3 Å². The largest absolute Gasteiger partial charge is 0.481 e. The van der Waals surface area contributed by atoms with Crippen LogP contribution in [0.4, 0.5) is 10.5 Å². The number of benzene rings is 1. The van der Waals surface area contributed by atoms with Crippen molar-refractivity contribution >= 4 is 17.7 Å². The zero-order valence-electron chi connectivity index (χ0n) is 10.8. The first-order chi connectivity index (χ1) is 9.08. The Bertz CT molecular complexity index is 492. The first-order valence-electron chi connectivity index (χ1n) is 6.27. The smallest absolute Gasteiger partial charge is 0.411 e. The Hall–Kier alpha value is -2.04. The molecule has 5 heteroatoms.